The van der Waals surface area contributed by atoms with E-state index in [2.05, 4.69) is 22.2 Å². The van der Waals surface area contributed by atoms with E-state index in [1.165, 1.54) is 50.4 Å². The first-order valence-corrected chi connectivity index (χ1v) is 13.6. The lowest BCUT2D eigenvalue weighted by atomic mass is 10.1. The summed E-state index contributed by atoms with van der Waals surface area (Å²) in [5, 5.41) is 21.1. The minimum absolute atomic E-state index is 0.120. The van der Waals surface area contributed by atoms with Crippen LogP contribution in [0.1, 0.15) is 91.8 Å². The lowest BCUT2D eigenvalue weighted by Crippen LogP contribution is -2.41. The maximum Gasteiger partial charge on any atom is 0.357 e. The predicted octanol–water partition coefficient (Wildman–Crippen LogP) is 3.46. The summed E-state index contributed by atoms with van der Waals surface area (Å²) in [6.45, 7) is 1.49. The minimum Gasteiger partial charge on any atom is -0.461 e. The standard InChI is InChI=1S/C27H36F2N4O7/c1-2-3-4-5-6-7-8-9-10-16-39-24(37)21-18(12-11-14-30-21)23(36)31-20-13-15-33(26(38)32-20)25-27(28,29)22(35)19(17-34)40-25/h11-15,19,22,25,34-35H,2-10,16-17H2,1H3,(H,31,32,36,38)/t19-,22-,25-/m1/s1. The van der Waals surface area contributed by atoms with E-state index in [4.69, 9.17) is 14.6 Å². The molecule has 1 saturated heterocycles. The lowest BCUT2D eigenvalue weighted by Gasteiger charge is -2.21. The van der Waals surface area contributed by atoms with Crippen LogP contribution in [0, 0.1) is 0 Å². The summed E-state index contributed by atoms with van der Waals surface area (Å²) in [6, 6.07) is 3.87. The number of hydrogen-bond donors (Lipinski definition) is 3. The van der Waals surface area contributed by atoms with Gasteiger partial charge in [0.05, 0.1) is 18.8 Å². The van der Waals surface area contributed by atoms with E-state index in [1.807, 2.05) is 0 Å². The van der Waals surface area contributed by atoms with Crippen molar-refractivity contribution in [3.8, 4) is 0 Å². The quantitative estimate of drug-likeness (QED) is 0.217. The number of aromatic nitrogens is 3. The van der Waals surface area contributed by atoms with Crippen molar-refractivity contribution in [3.63, 3.8) is 0 Å². The average molecular weight is 567 g/mol. The first-order valence-electron chi connectivity index (χ1n) is 13.6. The zero-order chi connectivity index (χ0) is 29.1. The maximum absolute atomic E-state index is 14.4. The van der Waals surface area contributed by atoms with Crippen molar-refractivity contribution in [1.82, 2.24) is 14.5 Å². The van der Waals surface area contributed by atoms with Gasteiger partial charge in [-0.1, -0.05) is 58.3 Å². The van der Waals surface area contributed by atoms with Crippen LogP contribution in [0.2, 0.25) is 0 Å². The number of alkyl halides is 2. The number of nitrogens with one attached hydrogen (secondary N) is 1. The Balaban J connectivity index is 1.55. The third-order valence-corrected chi connectivity index (χ3v) is 6.61. The highest BCUT2D eigenvalue weighted by molar-refractivity contribution is 6.09. The van der Waals surface area contributed by atoms with Gasteiger partial charge in [0.1, 0.15) is 11.9 Å². The van der Waals surface area contributed by atoms with Crippen LogP contribution >= 0.6 is 0 Å². The van der Waals surface area contributed by atoms with E-state index >= 15 is 0 Å². The maximum atomic E-state index is 14.4. The minimum atomic E-state index is -3.87. The number of ether oxygens (including phenoxy) is 2. The molecule has 13 heteroatoms. The normalized spacial score (nSPS) is 19.9. The molecule has 3 N–H and O–H groups in total. The van der Waals surface area contributed by atoms with E-state index in [-0.39, 0.29) is 23.7 Å². The van der Waals surface area contributed by atoms with Crippen molar-refractivity contribution >= 4 is 17.7 Å². The zero-order valence-electron chi connectivity index (χ0n) is 22.4. The number of aliphatic hydroxyl groups is 2. The number of unbranched alkanes of at least 4 members (excludes halogenated alkanes) is 8. The summed E-state index contributed by atoms with van der Waals surface area (Å²) in [7, 11) is 0. The number of carbonyl (C=O) groups excluding carboxylic acids is 2. The second kappa shape index (κ2) is 14.9. The highest BCUT2D eigenvalue weighted by Gasteiger charge is 2.59. The highest BCUT2D eigenvalue weighted by atomic mass is 19.3. The molecule has 11 nitrogen and oxygen atoms in total. The molecule has 2 aromatic rings. The van der Waals surface area contributed by atoms with E-state index in [0.717, 1.165) is 31.5 Å². The topological polar surface area (TPSA) is 153 Å². The van der Waals surface area contributed by atoms with Gasteiger partial charge in [-0.2, -0.15) is 13.8 Å². The Morgan fingerprint density at radius 2 is 1.80 bits per heavy atom. The number of esters is 1. The molecule has 3 rings (SSSR count). The van der Waals surface area contributed by atoms with E-state index in [1.54, 1.807) is 0 Å². The number of nitrogens with zero attached hydrogens (tertiary/aromatic N) is 3. The van der Waals surface area contributed by atoms with Crippen molar-refractivity contribution in [2.45, 2.75) is 89.1 Å². The molecule has 0 unspecified atom stereocenters. The second-order valence-corrected chi connectivity index (χ2v) is 9.65. The number of halogens is 2. The molecule has 0 radical (unpaired) electrons. The number of amides is 1. The summed E-state index contributed by atoms with van der Waals surface area (Å²) in [5.41, 5.74) is -1.53. The van der Waals surface area contributed by atoms with Crippen LogP contribution in [0.4, 0.5) is 14.6 Å². The molecule has 2 aromatic heterocycles. The predicted molar refractivity (Wildman–Crippen MR) is 140 cm³/mol. The molecule has 3 heterocycles. The first-order chi connectivity index (χ1) is 19.2. The first kappa shape index (κ1) is 31.2. The molecule has 0 saturated carbocycles. The van der Waals surface area contributed by atoms with Crippen LogP contribution in [0.5, 0.6) is 0 Å². The molecule has 0 spiro atoms. The van der Waals surface area contributed by atoms with Crippen LogP contribution in [0.25, 0.3) is 0 Å². The number of hydrogen-bond acceptors (Lipinski definition) is 9. The van der Waals surface area contributed by atoms with Crippen LogP contribution in [-0.4, -0.2) is 68.0 Å². The summed E-state index contributed by atoms with van der Waals surface area (Å²) in [6.07, 6.45) is 6.13. The third kappa shape index (κ3) is 7.89. The molecule has 1 amide bonds. The molecule has 1 aliphatic heterocycles. The highest BCUT2D eigenvalue weighted by Crippen LogP contribution is 2.42. The van der Waals surface area contributed by atoms with E-state index < -0.39 is 48.5 Å². The molecule has 0 aromatic carbocycles. The summed E-state index contributed by atoms with van der Waals surface area (Å²) < 4.78 is 39.4. The summed E-state index contributed by atoms with van der Waals surface area (Å²) in [4.78, 5) is 45.4. The van der Waals surface area contributed by atoms with Crippen LogP contribution in [0.15, 0.2) is 35.4 Å². The number of rotatable bonds is 15. The number of carbonyl (C=O) groups is 2. The van der Waals surface area contributed by atoms with E-state index in [9.17, 15) is 28.3 Å². The van der Waals surface area contributed by atoms with Crippen molar-refractivity contribution in [3.05, 3.63) is 52.3 Å². The fourth-order valence-corrected chi connectivity index (χ4v) is 4.36. The SMILES string of the molecule is CCCCCCCCCCCOC(=O)c1ncccc1C(=O)Nc1ccn([C@@H]2O[C@H](CO)[C@@H](O)C2(F)F)c(=O)n1. The Morgan fingerprint density at radius 1 is 1.12 bits per heavy atom. The molecule has 40 heavy (non-hydrogen) atoms. The fourth-order valence-electron chi connectivity index (χ4n) is 4.36. The van der Waals surface area contributed by atoms with Gasteiger partial charge in [0.25, 0.3) is 5.91 Å². The molecular formula is C27H36F2N4O7. The monoisotopic (exact) mass is 566 g/mol. The summed E-state index contributed by atoms with van der Waals surface area (Å²) >= 11 is 0. The third-order valence-electron chi connectivity index (χ3n) is 6.61. The number of pyridine rings is 1. The van der Waals surface area contributed by atoms with Crippen LogP contribution in [0.3, 0.4) is 0 Å². The lowest BCUT2D eigenvalue weighted by molar-refractivity contribution is -0.140. The molecule has 220 valence electrons. The van der Waals surface area contributed by atoms with Gasteiger partial charge in [-0.3, -0.25) is 9.36 Å². The van der Waals surface area contributed by atoms with Gasteiger partial charge < -0.3 is 25.0 Å². The van der Waals surface area contributed by atoms with Gasteiger partial charge >= 0.3 is 17.6 Å². The Labute approximate surface area is 230 Å². The van der Waals surface area contributed by atoms with E-state index in [0.29, 0.717) is 11.0 Å². The van der Waals surface area contributed by atoms with Gasteiger partial charge in [-0.25, -0.2) is 14.6 Å². The van der Waals surface area contributed by atoms with Crippen LogP contribution < -0.4 is 11.0 Å². The average Bonchev–Trinajstić information content (AvgIpc) is 3.17. The van der Waals surface area contributed by atoms with Gasteiger partial charge in [0.2, 0.25) is 6.23 Å². The Bertz CT molecular complexity index is 1190. The number of anilines is 1. The van der Waals surface area contributed by atoms with Gasteiger partial charge in [0, 0.05) is 12.4 Å². The fraction of sp³-hybridized carbons (Fsp3) is 0.593. The molecule has 3 atom stereocenters. The number of aliphatic hydroxyl groups excluding tert-OH is 2. The van der Waals surface area contributed by atoms with Crippen molar-refractivity contribution in [2.24, 2.45) is 0 Å². The van der Waals surface area contributed by atoms with Crippen molar-refractivity contribution in [1.29, 1.82) is 0 Å². The smallest absolute Gasteiger partial charge is 0.357 e. The van der Waals surface area contributed by atoms with Crippen molar-refractivity contribution < 1.29 is 38.1 Å². The Hall–Kier alpha value is -3.29. The Morgan fingerprint density at radius 3 is 2.42 bits per heavy atom. The molecule has 1 fully saturated rings. The van der Waals surface area contributed by atoms with Gasteiger partial charge in [0.15, 0.2) is 11.8 Å². The van der Waals surface area contributed by atoms with Crippen molar-refractivity contribution in [2.75, 3.05) is 18.5 Å². The van der Waals surface area contributed by atoms with Gasteiger partial charge in [-0.15, -0.1) is 0 Å². The zero-order valence-corrected chi connectivity index (χ0v) is 22.4. The Kier molecular flexibility index (Phi) is 11.6. The summed E-state index contributed by atoms with van der Waals surface area (Å²) in [5.74, 6) is -5.73. The van der Waals surface area contributed by atoms with Gasteiger partial charge in [-0.05, 0) is 24.6 Å². The van der Waals surface area contributed by atoms with Crippen LogP contribution in [-0.2, 0) is 9.47 Å². The second-order valence-electron chi connectivity index (χ2n) is 9.65. The molecule has 1 aliphatic rings. The molecule has 0 aliphatic carbocycles. The molecule has 0 bridgehead atoms. The molecular weight excluding hydrogens is 530 g/mol. The largest absolute Gasteiger partial charge is 0.461 e.